The Hall–Kier alpha value is -3.26. The van der Waals surface area contributed by atoms with Gasteiger partial charge in [0.2, 0.25) is 0 Å². The Balaban J connectivity index is 1.19. The molecule has 144 valence electrons. The van der Waals surface area contributed by atoms with Crippen molar-refractivity contribution in [2.75, 3.05) is 31.5 Å². The molecule has 2 N–H and O–H groups in total. The summed E-state index contributed by atoms with van der Waals surface area (Å²) in [6.07, 6.45) is 2.69. The summed E-state index contributed by atoms with van der Waals surface area (Å²) in [5, 5.41) is 16.8. The van der Waals surface area contributed by atoms with Gasteiger partial charge in [0.15, 0.2) is 0 Å². The van der Waals surface area contributed by atoms with Gasteiger partial charge in [0.05, 0.1) is 5.69 Å². The van der Waals surface area contributed by atoms with E-state index in [4.69, 9.17) is 0 Å². The van der Waals surface area contributed by atoms with Crippen LogP contribution >= 0.6 is 0 Å². The van der Waals surface area contributed by atoms with Crippen molar-refractivity contribution in [1.29, 1.82) is 0 Å². The average molecular weight is 377 g/mol. The molecule has 1 aromatic heterocycles. The number of hydrogen-bond acceptors (Lipinski definition) is 5. The first-order valence-electron chi connectivity index (χ1n) is 9.43. The first-order valence-corrected chi connectivity index (χ1v) is 9.43. The third kappa shape index (κ3) is 4.52. The Morgan fingerprint density at radius 3 is 2.68 bits per heavy atom. The number of tetrazole rings is 1. The Bertz CT molecular complexity index is 881. The lowest BCUT2D eigenvalue weighted by Gasteiger charge is -2.16. The van der Waals surface area contributed by atoms with Crippen molar-refractivity contribution < 1.29 is 4.79 Å². The van der Waals surface area contributed by atoms with Gasteiger partial charge in [0, 0.05) is 25.3 Å². The minimum atomic E-state index is -0.200. The van der Waals surface area contributed by atoms with Crippen LogP contribution in [0, 0.1) is 0 Å². The summed E-state index contributed by atoms with van der Waals surface area (Å²) in [7, 11) is 0. The molecule has 1 aliphatic rings. The van der Waals surface area contributed by atoms with E-state index in [-0.39, 0.29) is 6.03 Å². The monoisotopic (exact) mass is 377 g/mol. The second-order valence-corrected chi connectivity index (χ2v) is 6.88. The zero-order chi connectivity index (χ0) is 19.2. The molecule has 1 saturated heterocycles. The maximum atomic E-state index is 12.1. The molecule has 1 aliphatic heterocycles. The maximum Gasteiger partial charge on any atom is 0.319 e. The van der Waals surface area contributed by atoms with E-state index in [1.807, 2.05) is 24.3 Å². The maximum absolute atomic E-state index is 12.1. The number of carbonyl (C=O) groups is 1. The van der Waals surface area contributed by atoms with Crippen molar-refractivity contribution in [3.63, 3.8) is 0 Å². The van der Waals surface area contributed by atoms with Gasteiger partial charge in [0.1, 0.15) is 6.33 Å². The molecule has 0 aliphatic carbocycles. The van der Waals surface area contributed by atoms with Crippen LogP contribution in [0.25, 0.3) is 5.69 Å². The van der Waals surface area contributed by atoms with Crippen LogP contribution in [0.3, 0.4) is 0 Å². The summed E-state index contributed by atoms with van der Waals surface area (Å²) in [6.45, 7) is 3.60. The van der Waals surface area contributed by atoms with Gasteiger partial charge in [-0.2, -0.15) is 0 Å². The predicted molar refractivity (Wildman–Crippen MR) is 106 cm³/mol. The van der Waals surface area contributed by atoms with Crippen LogP contribution in [0.1, 0.15) is 17.9 Å². The van der Waals surface area contributed by atoms with Crippen molar-refractivity contribution in [3.8, 4) is 5.69 Å². The number of nitrogens with one attached hydrogen (secondary N) is 2. The number of carbonyl (C=O) groups excluding carboxylic acids is 1. The number of anilines is 1. The molecule has 1 atom stereocenters. The number of urea groups is 1. The molecule has 4 rings (SSSR count). The van der Waals surface area contributed by atoms with Crippen molar-refractivity contribution >= 4 is 11.7 Å². The summed E-state index contributed by atoms with van der Waals surface area (Å²) < 4.78 is 1.56. The number of aromatic nitrogens is 4. The van der Waals surface area contributed by atoms with Gasteiger partial charge in [-0.25, -0.2) is 9.48 Å². The van der Waals surface area contributed by atoms with E-state index in [9.17, 15) is 4.79 Å². The summed E-state index contributed by atoms with van der Waals surface area (Å²) in [6, 6.07) is 17.8. The average Bonchev–Trinajstić information content (AvgIpc) is 3.42. The quantitative estimate of drug-likeness (QED) is 0.688. The van der Waals surface area contributed by atoms with Crippen LogP contribution in [0.4, 0.5) is 10.5 Å². The zero-order valence-electron chi connectivity index (χ0n) is 15.5. The third-order valence-corrected chi connectivity index (χ3v) is 5.00. The minimum Gasteiger partial charge on any atom is -0.337 e. The highest BCUT2D eigenvalue weighted by Gasteiger charge is 2.23. The van der Waals surface area contributed by atoms with E-state index in [1.165, 1.54) is 18.3 Å². The largest absolute Gasteiger partial charge is 0.337 e. The number of rotatable bonds is 6. The van der Waals surface area contributed by atoms with Crippen molar-refractivity contribution in [3.05, 3.63) is 66.5 Å². The number of hydrogen-bond donors (Lipinski definition) is 2. The molecule has 0 bridgehead atoms. The molecule has 3 aromatic rings. The summed E-state index contributed by atoms with van der Waals surface area (Å²) in [4.78, 5) is 14.5. The standard InChI is InChI=1S/C20H23N7O/c28-20(23-18-6-8-19(9-7-18)27-15-22-24-25-27)21-11-13-26-12-10-17(14-26)16-4-2-1-3-5-16/h1-9,15,17H,10-14H2,(H2,21,23,28)/t17-/m0/s1. The molecule has 0 spiro atoms. The van der Waals surface area contributed by atoms with E-state index in [1.54, 1.807) is 4.68 Å². The molecule has 1 fully saturated rings. The van der Waals surface area contributed by atoms with Gasteiger partial charge >= 0.3 is 6.03 Å². The molecule has 0 radical (unpaired) electrons. The molecule has 8 nitrogen and oxygen atoms in total. The van der Waals surface area contributed by atoms with Crippen LogP contribution < -0.4 is 10.6 Å². The zero-order valence-corrected chi connectivity index (χ0v) is 15.5. The van der Waals surface area contributed by atoms with Crippen LogP contribution in [-0.2, 0) is 0 Å². The Labute approximate surface area is 163 Å². The first kappa shape index (κ1) is 18.1. The summed E-state index contributed by atoms with van der Waals surface area (Å²) >= 11 is 0. The van der Waals surface area contributed by atoms with E-state index in [0.29, 0.717) is 12.5 Å². The van der Waals surface area contributed by atoms with Crippen LogP contribution in [0.5, 0.6) is 0 Å². The highest BCUT2D eigenvalue weighted by Crippen LogP contribution is 2.26. The molecule has 2 aromatic carbocycles. The number of amides is 2. The molecule has 8 heteroatoms. The summed E-state index contributed by atoms with van der Waals surface area (Å²) in [5.74, 6) is 0.591. The van der Waals surface area contributed by atoms with Gasteiger partial charge in [-0.1, -0.05) is 30.3 Å². The van der Waals surface area contributed by atoms with E-state index < -0.39 is 0 Å². The van der Waals surface area contributed by atoms with E-state index in [2.05, 4.69) is 61.4 Å². The Morgan fingerprint density at radius 1 is 1.11 bits per heavy atom. The first-order chi connectivity index (χ1) is 13.8. The van der Waals surface area contributed by atoms with E-state index >= 15 is 0 Å². The van der Waals surface area contributed by atoms with Gasteiger partial charge in [-0.05, 0) is 59.1 Å². The predicted octanol–water partition coefficient (Wildman–Crippen LogP) is 2.27. The van der Waals surface area contributed by atoms with Gasteiger partial charge in [-0.3, -0.25) is 0 Å². The lowest BCUT2D eigenvalue weighted by molar-refractivity contribution is 0.249. The molecular formula is C20H23N7O. The Morgan fingerprint density at radius 2 is 1.93 bits per heavy atom. The van der Waals surface area contributed by atoms with Crippen molar-refractivity contribution in [1.82, 2.24) is 30.4 Å². The fourth-order valence-corrected chi connectivity index (χ4v) is 3.51. The third-order valence-electron chi connectivity index (χ3n) is 5.00. The number of nitrogens with zero attached hydrogens (tertiary/aromatic N) is 5. The molecule has 2 heterocycles. The normalized spacial score (nSPS) is 16.8. The second kappa shape index (κ2) is 8.62. The molecule has 28 heavy (non-hydrogen) atoms. The Kier molecular flexibility index (Phi) is 5.58. The van der Waals surface area contributed by atoms with Crippen molar-refractivity contribution in [2.45, 2.75) is 12.3 Å². The fourth-order valence-electron chi connectivity index (χ4n) is 3.51. The van der Waals surface area contributed by atoms with Crippen LogP contribution in [0.15, 0.2) is 60.9 Å². The lowest BCUT2D eigenvalue weighted by atomic mass is 9.99. The second-order valence-electron chi connectivity index (χ2n) is 6.88. The smallest absolute Gasteiger partial charge is 0.319 e. The lowest BCUT2D eigenvalue weighted by Crippen LogP contribution is -2.36. The van der Waals surface area contributed by atoms with E-state index in [0.717, 1.165) is 31.0 Å². The number of likely N-dealkylation sites (tertiary alicyclic amines) is 1. The molecule has 0 saturated carbocycles. The fraction of sp³-hybridized carbons (Fsp3) is 0.300. The van der Waals surface area contributed by atoms with Gasteiger partial charge in [-0.15, -0.1) is 5.10 Å². The molecule has 0 unspecified atom stereocenters. The van der Waals surface area contributed by atoms with Crippen molar-refractivity contribution in [2.24, 2.45) is 0 Å². The van der Waals surface area contributed by atoms with Gasteiger partial charge in [0.25, 0.3) is 0 Å². The highest BCUT2D eigenvalue weighted by molar-refractivity contribution is 5.89. The molecule has 2 amide bonds. The summed E-state index contributed by atoms with van der Waals surface area (Å²) in [5.41, 5.74) is 2.96. The highest BCUT2D eigenvalue weighted by atomic mass is 16.2. The molecular weight excluding hydrogens is 354 g/mol. The topological polar surface area (TPSA) is 88.0 Å². The minimum absolute atomic E-state index is 0.200. The number of benzene rings is 2. The van der Waals surface area contributed by atoms with Gasteiger partial charge < -0.3 is 15.5 Å². The van der Waals surface area contributed by atoms with Crippen LogP contribution in [0.2, 0.25) is 0 Å². The van der Waals surface area contributed by atoms with Crippen LogP contribution in [-0.4, -0.2) is 57.3 Å². The SMILES string of the molecule is O=C(NCCN1CC[C@H](c2ccccc2)C1)Nc1ccc(-n2cnnn2)cc1.